The normalized spacial score (nSPS) is 14.9. The Kier molecular flexibility index (Phi) is 9.09. The van der Waals surface area contributed by atoms with Crippen LogP contribution in [0.4, 0.5) is 0 Å². The Morgan fingerprint density at radius 2 is 1.80 bits per heavy atom. The average molecular weight is 368 g/mol. The van der Waals surface area contributed by atoms with Crippen molar-refractivity contribution in [3.05, 3.63) is 35.9 Å². The van der Waals surface area contributed by atoms with Crippen molar-refractivity contribution in [3.8, 4) is 0 Å². The summed E-state index contributed by atoms with van der Waals surface area (Å²) in [5, 5.41) is 9.09. The third kappa shape index (κ3) is 7.98. The van der Waals surface area contributed by atoms with Gasteiger partial charge in [-0.05, 0) is 30.7 Å². The van der Waals surface area contributed by atoms with Crippen LogP contribution in [-0.2, 0) is 25.1 Å². The summed E-state index contributed by atoms with van der Waals surface area (Å²) in [6, 6.07) is 9.95. The van der Waals surface area contributed by atoms with E-state index in [0.717, 1.165) is 12.8 Å². The molecule has 1 aromatic carbocycles. The standard InChI is InChI=1S/C19H29O5P/c1-4-17(20)19(15(2)3)24-25(23,14-18(21)22)13-9-8-12-16-10-6-5-7-11-16/h5-7,10-11,15,19H,4,8-9,12-14H2,1-3H3,(H,21,22). The summed E-state index contributed by atoms with van der Waals surface area (Å²) in [5.41, 5.74) is 1.19. The molecule has 1 N–H and O–H groups in total. The molecule has 0 amide bonds. The fourth-order valence-corrected chi connectivity index (χ4v) is 4.89. The zero-order valence-electron chi connectivity index (χ0n) is 15.3. The number of rotatable bonds is 12. The lowest BCUT2D eigenvalue weighted by Gasteiger charge is -2.25. The first-order chi connectivity index (χ1) is 11.8. The maximum Gasteiger partial charge on any atom is 0.313 e. The second-order valence-electron chi connectivity index (χ2n) is 6.62. The predicted molar refractivity (Wildman–Crippen MR) is 99.4 cm³/mol. The summed E-state index contributed by atoms with van der Waals surface area (Å²) in [7, 11) is -3.39. The molecule has 140 valence electrons. The van der Waals surface area contributed by atoms with E-state index in [1.165, 1.54) is 5.56 Å². The SMILES string of the molecule is CCC(=O)C(OP(=O)(CCCCc1ccccc1)CC(=O)O)C(C)C. The summed E-state index contributed by atoms with van der Waals surface area (Å²) in [4.78, 5) is 23.2. The predicted octanol–water partition coefficient (Wildman–Crippen LogP) is 4.39. The number of unbranched alkanes of at least 4 members (excludes halogenated alkanes) is 1. The minimum Gasteiger partial charge on any atom is -0.481 e. The monoisotopic (exact) mass is 368 g/mol. The fraction of sp³-hybridized carbons (Fsp3) is 0.579. The highest BCUT2D eigenvalue weighted by molar-refractivity contribution is 7.59. The van der Waals surface area contributed by atoms with Gasteiger partial charge in [-0.2, -0.15) is 0 Å². The molecule has 0 aliphatic rings. The highest BCUT2D eigenvalue weighted by atomic mass is 31.2. The Bertz CT molecular complexity index is 597. The van der Waals surface area contributed by atoms with Gasteiger partial charge in [-0.3, -0.25) is 14.2 Å². The molecule has 0 fully saturated rings. The molecule has 0 bridgehead atoms. The van der Waals surface area contributed by atoms with Crippen LogP contribution in [0.1, 0.15) is 45.6 Å². The third-order valence-electron chi connectivity index (χ3n) is 4.01. The van der Waals surface area contributed by atoms with E-state index in [0.29, 0.717) is 6.42 Å². The largest absolute Gasteiger partial charge is 0.481 e. The lowest BCUT2D eigenvalue weighted by atomic mass is 10.0. The summed E-state index contributed by atoms with van der Waals surface area (Å²) in [6.45, 7) is 5.36. The van der Waals surface area contributed by atoms with Crippen molar-refractivity contribution < 1.29 is 23.8 Å². The zero-order valence-corrected chi connectivity index (χ0v) is 16.2. The van der Waals surface area contributed by atoms with Crippen LogP contribution in [0.3, 0.4) is 0 Å². The summed E-state index contributed by atoms with van der Waals surface area (Å²) >= 11 is 0. The number of Topliss-reactive ketones (excluding diaryl/α,β-unsaturated/α-hetero) is 1. The molecule has 0 aliphatic heterocycles. The molecule has 2 unspecified atom stereocenters. The van der Waals surface area contributed by atoms with Crippen molar-refractivity contribution in [1.82, 2.24) is 0 Å². The number of carboxylic acids is 1. The van der Waals surface area contributed by atoms with E-state index in [9.17, 15) is 14.2 Å². The molecule has 0 spiro atoms. The van der Waals surface area contributed by atoms with Gasteiger partial charge >= 0.3 is 5.97 Å². The van der Waals surface area contributed by atoms with Crippen LogP contribution in [0, 0.1) is 5.92 Å². The number of carbonyl (C=O) groups excluding carboxylic acids is 1. The molecule has 2 atom stereocenters. The molecule has 0 saturated carbocycles. The molecule has 5 nitrogen and oxygen atoms in total. The molecule has 6 heteroatoms. The van der Waals surface area contributed by atoms with E-state index in [1.54, 1.807) is 6.92 Å². The van der Waals surface area contributed by atoms with Gasteiger partial charge in [-0.25, -0.2) is 0 Å². The third-order valence-corrected chi connectivity index (χ3v) is 6.37. The Hall–Kier alpha value is -1.45. The summed E-state index contributed by atoms with van der Waals surface area (Å²) in [6.07, 6.45) is 1.38. The highest BCUT2D eigenvalue weighted by Crippen LogP contribution is 2.49. The van der Waals surface area contributed by atoms with Crippen LogP contribution in [0.15, 0.2) is 30.3 Å². The van der Waals surface area contributed by atoms with Crippen LogP contribution < -0.4 is 0 Å². The van der Waals surface area contributed by atoms with Crippen LogP contribution in [-0.4, -0.2) is 35.3 Å². The number of aryl methyl sites for hydroxylation is 1. The van der Waals surface area contributed by atoms with E-state index in [2.05, 4.69) is 0 Å². The van der Waals surface area contributed by atoms with Gasteiger partial charge in [0.05, 0.1) is 0 Å². The number of hydrogen-bond donors (Lipinski definition) is 1. The maximum atomic E-state index is 13.0. The first-order valence-corrected chi connectivity index (χ1v) is 10.8. The van der Waals surface area contributed by atoms with Crippen molar-refractivity contribution in [3.63, 3.8) is 0 Å². The molecule has 25 heavy (non-hydrogen) atoms. The quantitative estimate of drug-likeness (QED) is 0.437. The van der Waals surface area contributed by atoms with Crippen LogP contribution in [0.25, 0.3) is 0 Å². The topological polar surface area (TPSA) is 80.7 Å². The van der Waals surface area contributed by atoms with Crippen molar-refractivity contribution in [2.24, 2.45) is 5.92 Å². The van der Waals surface area contributed by atoms with Crippen molar-refractivity contribution >= 4 is 19.1 Å². The minimum absolute atomic E-state index is 0.134. The smallest absolute Gasteiger partial charge is 0.313 e. The Morgan fingerprint density at radius 3 is 2.32 bits per heavy atom. The molecular formula is C19H29O5P. The molecule has 0 heterocycles. The molecular weight excluding hydrogens is 339 g/mol. The van der Waals surface area contributed by atoms with Gasteiger partial charge in [0.1, 0.15) is 12.3 Å². The minimum atomic E-state index is -3.39. The van der Waals surface area contributed by atoms with Gasteiger partial charge in [0.2, 0.25) is 7.37 Å². The number of carboxylic acid groups (broad SMARTS) is 1. The second kappa shape index (κ2) is 10.5. The number of aliphatic carboxylic acids is 1. The summed E-state index contributed by atoms with van der Waals surface area (Å²) < 4.78 is 18.7. The van der Waals surface area contributed by atoms with Gasteiger partial charge < -0.3 is 9.63 Å². The second-order valence-corrected chi connectivity index (χ2v) is 9.23. The van der Waals surface area contributed by atoms with Gasteiger partial charge in [0.25, 0.3) is 0 Å². The van der Waals surface area contributed by atoms with Crippen LogP contribution in [0.2, 0.25) is 0 Å². The first kappa shape index (κ1) is 21.6. The lowest BCUT2D eigenvalue weighted by Crippen LogP contribution is -2.29. The van der Waals surface area contributed by atoms with E-state index in [1.807, 2.05) is 44.2 Å². The Morgan fingerprint density at radius 1 is 1.16 bits per heavy atom. The molecule has 0 saturated heterocycles. The summed E-state index contributed by atoms with van der Waals surface area (Å²) in [5.74, 6) is -1.43. The van der Waals surface area contributed by atoms with Gasteiger partial charge in [0.15, 0.2) is 5.78 Å². The van der Waals surface area contributed by atoms with Gasteiger partial charge in [0, 0.05) is 12.6 Å². The van der Waals surface area contributed by atoms with Crippen molar-refractivity contribution in [2.75, 3.05) is 12.3 Å². The lowest BCUT2D eigenvalue weighted by molar-refractivity contribution is -0.134. The Balaban J connectivity index is 2.68. The van der Waals surface area contributed by atoms with Crippen LogP contribution in [0.5, 0.6) is 0 Å². The highest BCUT2D eigenvalue weighted by Gasteiger charge is 2.34. The number of hydrogen-bond acceptors (Lipinski definition) is 4. The first-order valence-electron chi connectivity index (χ1n) is 8.82. The Labute approximate surface area is 150 Å². The fourth-order valence-electron chi connectivity index (χ4n) is 2.66. The zero-order chi connectivity index (χ0) is 18.9. The van der Waals surface area contributed by atoms with Crippen molar-refractivity contribution in [2.45, 2.75) is 52.6 Å². The average Bonchev–Trinajstić information content (AvgIpc) is 2.56. The van der Waals surface area contributed by atoms with Gasteiger partial charge in [-0.15, -0.1) is 0 Å². The van der Waals surface area contributed by atoms with E-state index in [-0.39, 0.29) is 24.3 Å². The number of benzene rings is 1. The van der Waals surface area contributed by atoms with Crippen molar-refractivity contribution in [1.29, 1.82) is 0 Å². The molecule has 0 radical (unpaired) electrons. The van der Waals surface area contributed by atoms with Crippen LogP contribution >= 0.6 is 7.37 Å². The molecule has 1 rings (SSSR count). The number of ketones is 1. The molecule has 1 aromatic rings. The molecule has 0 aromatic heterocycles. The van der Waals surface area contributed by atoms with E-state index >= 15 is 0 Å². The maximum absolute atomic E-state index is 13.0. The number of carbonyl (C=O) groups is 2. The van der Waals surface area contributed by atoms with E-state index in [4.69, 9.17) is 9.63 Å². The van der Waals surface area contributed by atoms with E-state index < -0.39 is 25.6 Å². The van der Waals surface area contributed by atoms with Gasteiger partial charge in [-0.1, -0.05) is 51.1 Å². The molecule has 0 aliphatic carbocycles.